The van der Waals surface area contributed by atoms with E-state index in [0.29, 0.717) is 0 Å². The van der Waals surface area contributed by atoms with Crippen molar-refractivity contribution in [3.05, 3.63) is 0 Å². The third-order valence-electron chi connectivity index (χ3n) is 4.14. The van der Waals surface area contributed by atoms with E-state index in [0.717, 1.165) is 12.0 Å². The minimum atomic E-state index is 0.843. The molecule has 2 atom stereocenters. The van der Waals surface area contributed by atoms with Crippen LogP contribution in [0.1, 0.15) is 86.0 Å². The molecule has 0 aromatic heterocycles. The largest absolute Gasteiger partial charge is 0.300 e. The highest BCUT2D eigenvalue weighted by Crippen LogP contribution is 2.19. The van der Waals surface area contributed by atoms with Gasteiger partial charge >= 0.3 is 0 Å². The summed E-state index contributed by atoms with van der Waals surface area (Å²) < 4.78 is 0. The molecule has 0 aliphatic rings. The SMILES string of the molecule is CCCCN(CCC)C(CCC)CCC(C)CC. The van der Waals surface area contributed by atoms with E-state index in [9.17, 15) is 0 Å². The molecule has 0 fully saturated rings. The molecular formula is C17H37N. The van der Waals surface area contributed by atoms with Gasteiger partial charge in [0.1, 0.15) is 0 Å². The van der Waals surface area contributed by atoms with Gasteiger partial charge in [-0.25, -0.2) is 0 Å². The molecule has 1 heteroatoms. The molecule has 0 saturated heterocycles. The van der Waals surface area contributed by atoms with Gasteiger partial charge in [0, 0.05) is 6.04 Å². The zero-order valence-corrected chi connectivity index (χ0v) is 13.7. The van der Waals surface area contributed by atoms with Crippen molar-refractivity contribution in [1.82, 2.24) is 4.90 Å². The summed E-state index contributed by atoms with van der Waals surface area (Å²) in [5.41, 5.74) is 0. The van der Waals surface area contributed by atoms with Crippen LogP contribution in [-0.4, -0.2) is 24.0 Å². The van der Waals surface area contributed by atoms with Gasteiger partial charge in [0.25, 0.3) is 0 Å². The Labute approximate surface area is 116 Å². The van der Waals surface area contributed by atoms with Crippen LogP contribution in [0.25, 0.3) is 0 Å². The lowest BCUT2D eigenvalue weighted by Crippen LogP contribution is -2.37. The molecule has 0 aromatic rings. The van der Waals surface area contributed by atoms with Crippen molar-refractivity contribution in [2.24, 2.45) is 5.92 Å². The summed E-state index contributed by atoms with van der Waals surface area (Å²) in [7, 11) is 0. The minimum Gasteiger partial charge on any atom is -0.300 e. The molecule has 1 nitrogen and oxygen atoms in total. The first kappa shape index (κ1) is 18.0. The molecule has 0 aliphatic carbocycles. The van der Waals surface area contributed by atoms with Crippen molar-refractivity contribution in [3.63, 3.8) is 0 Å². The molecule has 0 amide bonds. The smallest absolute Gasteiger partial charge is 0.00952 e. The molecule has 2 unspecified atom stereocenters. The quantitative estimate of drug-likeness (QED) is 0.445. The van der Waals surface area contributed by atoms with Gasteiger partial charge < -0.3 is 4.90 Å². The molecule has 0 saturated carbocycles. The van der Waals surface area contributed by atoms with E-state index in [4.69, 9.17) is 0 Å². The summed E-state index contributed by atoms with van der Waals surface area (Å²) in [5.74, 6) is 0.902. The summed E-state index contributed by atoms with van der Waals surface area (Å²) in [6, 6.07) is 0.843. The molecule has 18 heavy (non-hydrogen) atoms. The van der Waals surface area contributed by atoms with Crippen molar-refractivity contribution in [2.45, 2.75) is 92.0 Å². The van der Waals surface area contributed by atoms with Gasteiger partial charge in [0.2, 0.25) is 0 Å². The van der Waals surface area contributed by atoms with E-state index in [1.54, 1.807) is 0 Å². The van der Waals surface area contributed by atoms with Crippen LogP contribution < -0.4 is 0 Å². The fraction of sp³-hybridized carbons (Fsp3) is 1.00. The van der Waals surface area contributed by atoms with Crippen LogP contribution in [0.5, 0.6) is 0 Å². The summed E-state index contributed by atoms with van der Waals surface area (Å²) in [6.07, 6.45) is 10.9. The van der Waals surface area contributed by atoms with Gasteiger partial charge in [-0.1, -0.05) is 53.9 Å². The molecule has 110 valence electrons. The highest BCUT2D eigenvalue weighted by atomic mass is 15.1. The summed E-state index contributed by atoms with van der Waals surface area (Å²) in [5, 5.41) is 0. The fourth-order valence-corrected chi connectivity index (χ4v) is 2.65. The first-order valence-electron chi connectivity index (χ1n) is 8.43. The van der Waals surface area contributed by atoms with Crippen LogP contribution >= 0.6 is 0 Å². The number of rotatable bonds is 12. The molecule has 0 bridgehead atoms. The normalized spacial score (nSPS) is 15.0. The lowest BCUT2D eigenvalue weighted by molar-refractivity contribution is 0.166. The van der Waals surface area contributed by atoms with Crippen molar-refractivity contribution >= 4 is 0 Å². The molecule has 0 spiro atoms. The molecular weight excluding hydrogens is 218 g/mol. The maximum Gasteiger partial charge on any atom is 0.00952 e. The lowest BCUT2D eigenvalue weighted by Gasteiger charge is -2.32. The van der Waals surface area contributed by atoms with Crippen molar-refractivity contribution in [2.75, 3.05) is 13.1 Å². The van der Waals surface area contributed by atoms with Gasteiger partial charge in [-0.3, -0.25) is 0 Å². The fourth-order valence-electron chi connectivity index (χ4n) is 2.65. The first-order chi connectivity index (χ1) is 8.69. The highest BCUT2D eigenvalue weighted by Gasteiger charge is 2.17. The van der Waals surface area contributed by atoms with Gasteiger partial charge in [0.15, 0.2) is 0 Å². The Kier molecular flexibility index (Phi) is 12.0. The average Bonchev–Trinajstić information content (AvgIpc) is 2.39. The van der Waals surface area contributed by atoms with E-state index in [1.807, 2.05) is 0 Å². The molecule has 0 aliphatic heterocycles. The van der Waals surface area contributed by atoms with Crippen LogP contribution in [0.15, 0.2) is 0 Å². The van der Waals surface area contributed by atoms with Crippen LogP contribution in [-0.2, 0) is 0 Å². The summed E-state index contributed by atoms with van der Waals surface area (Å²) in [4.78, 5) is 2.77. The van der Waals surface area contributed by atoms with Crippen molar-refractivity contribution < 1.29 is 0 Å². The maximum atomic E-state index is 2.77. The maximum absolute atomic E-state index is 2.77. The monoisotopic (exact) mass is 255 g/mol. The predicted molar refractivity (Wildman–Crippen MR) is 84.2 cm³/mol. The lowest BCUT2D eigenvalue weighted by atomic mass is 9.96. The molecule has 0 radical (unpaired) electrons. The first-order valence-corrected chi connectivity index (χ1v) is 8.43. The van der Waals surface area contributed by atoms with Gasteiger partial charge in [-0.2, -0.15) is 0 Å². The highest BCUT2D eigenvalue weighted by molar-refractivity contribution is 4.72. The molecule has 0 rings (SSSR count). The van der Waals surface area contributed by atoms with E-state index in [1.165, 1.54) is 64.5 Å². The third-order valence-corrected chi connectivity index (χ3v) is 4.14. The van der Waals surface area contributed by atoms with E-state index in [2.05, 4.69) is 39.5 Å². The Balaban J connectivity index is 4.28. The Morgan fingerprint density at radius 1 is 0.778 bits per heavy atom. The minimum absolute atomic E-state index is 0.843. The van der Waals surface area contributed by atoms with Crippen molar-refractivity contribution in [1.29, 1.82) is 0 Å². The van der Waals surface area contributed by atoms with E-state index in [-0.39, 0.29) is 0 Å². The average molecular weight is 255 g/mol. The summed E-state index contributed by atoms with van der Waals surface area (Å²) >= 11 is 0. The van der Waals surface area contributed by atoms with Gasteiger partial charge in [-0.05, 0) is 51.1 Å². The third kappa shape index (κ3) is 8.13. The number of hydrogen-bond acceptors (Lipinski definition) is 1. The number of unbranched alkanes of at least 4 members (excludes halogenated alkanes) is 1. The Morgan fingerprint density at radius 2 is 1.50 bits per heavy atom. The Morgan fingerprint density at radius 3 is 2.00 bits per heavy atom. The van der Waals surface area contributed by atoms with E-state index < -0.39 is 0 Å². The summed E-state index contributed by atoms with van der Waals surface area (Å²) in [6.45, 7) is 14.3. The van der Waals surface area contributed by atoms with E-state index >= 15 is 0 Å². The second-order valence-corrected chi connectivity index (χ2v) is 5.92. The van der Waals surface area contributed by atoms with Crippen LogP contribution in [0.2, 0.25) is 0 Å². The number of nitrogens with zero attached hydrogens (tertiary/aromatic N) is 1. The van der Waals surface area contributed by atoms with Crippen LogP contribution in [0.4, 0.5) is 0 Å². The topological polar surface area (TPSA) is 3.24 Å². The second kappa shape index (κ2) is 12.0. The predicted octanol–water partition coefficient (Wildman–Crippen LogP) is 5.49. The Hall–Kier alpha value is -0.0400. The number of hydrogen-bond donors (Lipinski definition) is 0. The van der Waals surface area contributed by atoms with Crippen LogP contribution in [0.3, 0.4) is 0 Å². The second-order valence-electron chi connectivity index (χ2n) is 5.92. The molecule has 0 heterocycles. The standard InChI is InChI=1S/C17H37N/c1-6-10-15-18(14-8-3)17(11-7-2)13-12-16(5)9-4/h16-17H,6-15H2,1-5H3. The van der Waals surface area contributed by atoms with Gasteiger partial charge in [-0.15, -0.1) is 0 Å². The zero-order chi connectivity index (χ0) is 13.8. The van der Waals surface area contributed by atoms with Crippen molar-refractivity contribution in [3.8, 4) is 0 Å². The molecule has 0 N–H and O–H groups in total. The Bertz CT molecular complexity index is 167. The zero-order valence-electron chi connectivity index (χ0n) is 13.7. The van der Waals surface area contributed by atoms with Gasteiger partial charge in [0.05, 0.1) is 0 Å². The molecule has 0 aromatic carbocycles. The van der Waals surface area contributed by atoms with Crippen LogP contribution in [0, 0.1) is 5.92 Å².